The fourth-order valence-corrected chi connectivity index (χ4v) is 3.68. The van der Waals surface area contributed by atoms with Gasteiger partial charge in [0.25, 0.3) is 0 Å². The molecule has 7 heteroatoms. The number of nitrogens with zero attached hydrogens (tertiary/aromatic N) is 1. The summed E-state index contributed by atoms with van der Waals surface area (Å²) in [6.07, 6.45) is 1.10. The second-order valence-corrected chi connectivity index (χ2v) is 8.83. The molecule has 0 heterocycles. The summed E-state index contributed by atoms with van der Waals surface area (Å²) in [5.41, 5.74) is 3.95. The quantitative estimate of drug-likeness (QED) is 0.793. The van der Waals surface area contributed by atoms with Crippen LogP contribution in [0.1, 0.15) is 16.7 Å². The van der Waals surface area contributed by atoms with Crippen molar-refractivity contribution >= 4 is 43.2 Å². The number of rotatable bonds is 5. The molecule has 0 radical (unpaired) electrons. The second kappa shape index (κ2) is 7.58. The molecule has 0 saturated heterocycles. The smallest absolute Gasteiger partial charge is 0.245 e. The Kier molecular flexibility index (Phi) is 5.90. The van der Waals surface area contributed by atoms with Crippen LogP contribution >= 0.6 is 15.9 Å². The average molecular weight is 425 g/mol. The van der Waals surface area contributed by atoms with E-state index in [1.165, 1.54) is 0 Å². The molecule has 1 N–H and O–H groups in total. The summed E-state index contributed by atoms with van der Waals surface area (Å²) < 4.78 is 26.5. The molecule has 0 aromatic heterocycles. The zero-order valence-electron chi connectivity index (χ0n) is 14.6. The van der Waals surface area contributed by atoms with Crippen LogP contribution in [0, 0.1) is 20.8 Å². The first-order valence-electron chi connectivity index (χ1n) is 7.69. The van der Waals surface area contributed by atoms with Crippen molar-refractivity contribution in [1.82, 2.24) is 0 Å². The van der Waals surface area contributed by atoms with Crippen LogP contribution in [0.15, 0.2) is 40.9 Å². The van der Waals surface area contributed by atoms with Crippen LogP contribution in [0.4, 0.5) is 11.4 Å². The Balaban J connectivity index is 2.25. The third-order valence-corrected chi connectivity index (χ3v) is 5.77. The Hall–Kier alpha value is -1.86. The number of hydrogen-bond donors (Lipinski definition) is 1. The number of anilines is 2. The van der Waals surface area contributed by atoms with Gasteiger partial charge in [-0.1, -0.05) is 33.6 Å². The summed E-state index contributed by atoms with van der Waals surface area (Å²) in [4.78, 5) is 12.4. The average Bonchev–Trinajstić information content (AvgIpc) is 2.48. The summed E-state index contributed by atoms with van der Waals surface area (Å²) in [6, 6.07) is 10.9. The SMILES string of the molecule is Cc1ccc(N(CC(=O)Nc2ccc(Br)c(C)c2)S(C)(=O)=O)c(C)c1. The minimum Gasteiger partial charge on any atom is -0.325 e. The predicted octanol–water partition coefficient (Wildman–Crippen LogP) is 3.78. The topological polar surface area (TPSA) is 66.5 Å². The van der Waals surface area contributed by atoms with Crippen LogP contribution in [0.2, 0.25) is 0 Å². The molecule has 0 bridgehead atoms. The van der Waals surface area contributed by atoms with Crippen molar-refractivity contribution < 1.29 is 13.2 Å². The van der Waals surface area contributed by atoms with Gasteiger partial charge < -0.3 is 5.32 Å². The highest BCUT2D eigenvalue weighted by molar-refractivity contribution is 9.10. The Morgan fingerprint density at radius 3 is 2.32 bits per heavy atom. The van der Waals surface area contributed by atoms with E-state index in [4.69, 9.17) is 0 Å². The summed E-state index contributed by atoms with van der Waals surface area (Å²) in [7, 11) is -3.59. The molecule has 0 spiro atoms. The van der Waals surface area contributed by atoms with Crippen LogP contribution in [-0.4, -0.2) is 27.1 Å². The minimum absolute atomic E-state index is 0.280. The zero-order valence-corrected chi connectivity index (χ0v) is 17.0. The van der Waals surface area contributed by atoms with Crippen molar-refractivity contribution in [2.24, 2.45) is 0 Å². The third kappa shape index (κ3) is 5.06. The highest BCUT2D eigenvalue weighted by atomic mass is 79.9. The van der Waals surface area contributed by atoms with E-state index in [0.29, 0.717) is 11.4 Å². The Labute approximate surface area is 157 Å². The van der Waals surface area contributed by atoms with E-state index < -0.39 is 15.9 Å². The van der Waals surface area contributed by atoms with Gasteiger partial charge in [-0.05, 0) is 56.2 Å². The molecule has 5 nitrogen and oxygen atoms in total. The van der Waals surface area contributed by atoms with Crippen LogP contribution in [0.3, 0.4) is 0 Å². The lowest BCUT2D eigenvalue weighted by molar-refractivity contribution is -0.114. The maximum Gasteiger partial charge on any atom is 0.245 e. The van der Waals surface area contributed by atoms with E-state index in [9.17, 15) is 13.2 Å². The fraction of sp³-hybridized carbons (Fsp3) is 0.278. The standard InChI is InChI=1S/C18H21BrN2O3S/c1-12-5-8-17(14(3)9-12)21(25(4,23)24)11-18(22)20-15-6-7-16(19)13(2)10-15/h5-10H,11H2,1-4H3,(H,20,22). The van der Waals surface area contributed by atoms with Gasteiger partial charge in [0.2, 0.25) is 15.9 Å². The van der Waals surface area contributed by atoms with Gasteiger partial charge in [-0.25, -0.2) is 8.42 Å². The minimum atomic E-state index is -3.59. The molecule has 0 unspecified atom stereocenters. The first-order valence-corrected chi connectivity index (χ1v) is 10.3. The Morgan fingerprint density at radius 2 is 1.76 bits per heavy atom. The normalized spacial score (nSPS) is 11.2. The monoisotopic (exact) mass is 424 g/mol. The van der Waals surface area contributed by atoms with Crippen molar-refractivity contribution in [3.05, 3.63) is 57.6 Å². The summed E-state index contributed by atoms with van der Waals surface area (Å²) in [5.74, 6) is -0.396. The number of aryl methyl sites for hydroxylation is 3. The number of nitrogens with one attached hydrogen (secondary N) is 1. The number of carbonyl (C=O) groups excluding carboxylic acids is 1. The maximum atomic E-state index is 12.4. The molecule has 1 amide bonds. The summed E-state index contributed by atoms with van der Waals surface area (Å²) in [6.45, 7) is 5.40. The van der Waals surface area contributed by atoms with Crippen molar-refractivity contribution in [3.63, 3.8) is 0 Å². The lowest BCUT2D eigenvalue weighted by atomic mass is 10.1. The number of hydrogen-bond acceptors (Lipinski definition) is 3. The molecule has 2 aromatic carbocycles. The molecule has 0 saturated carbocycles. The van der Waals surface area contributed by atoms with Gasteiger partial charge in [0.05, 0.1) is 11.9 Å². The summed E-state index contributed by atoms with van der Waals surface area (Å²) in [5, 5.41) is 2.75. The number of sulfonamides is 1. The van der Waals surface area contributed by atoms with E-state index in [2.05, 4.69) is 21.2 Å². The lowest BCUT2D eigenvalue weighted by Gasteiger charge is -2.24. The van der Waals surface area contributed by atoms with Crippen molar-refractivity contribution in [2.75, 3.05) is 22.4 Å². The molecule has 134 valence electrons. The number of amides is 1. The summed E-state index contributed by atoms with van der Waals surface area (Å²) >= 11 is 3.41. The highest BCUT2D eigenvalue weighted by Crippen LogP contribution is 2.24. The first kappa shape index (κ1) is 19.5. The van der Waals surface area contributed by atoms with E-state index in [1.54, 1.807) is 12.1 Å². The van der Waals surface area contributed by atoms with Gasteiger partial charge in [0.15, 0.2) is 0 Å². The number of benzene rings is 2. The van der Waals surface area contributed by atoms with Gasteiger partial charge in [-0.2, -0.15) is 0 Å². The molecular weight excluding hydrogens is 404 g/mol. The number of halogens is 1. The zero-order chi connectivity index (χ0) is 18.8. The lowest BCUT2D eigenvalue weighted by Crippen LogP contribution is -2.37. The third-order valence-electron chi connectivity index (χ3n) is 3.75. The van der Waals surface area contributed by atoms with Crippen molar-refractivity contribution in [1.29, 1.82) is 0 Å². The fourth-order valence-electron chi connectivity index (χ4n) is 2.52. The Morgan fingerprint density at radius 1 is 1.08 bits per heavy atom. The van der Waals surface area contributed by atoms with Crippen LogP contribution in [0.25, 0.3) is 0 Å². The van der Waals surface area contributed by atoms with Gasteiger partial charge in [0.1, 0.15) is 6.54 Å². The molecule has 0 atom stereocenters. The van der Waals surface area contributed by atoms with E-state index in [-0.39, 0.29) is 6.54 Å². The highest BCUT2D eigenvalue weighted by Gasteiger charge is 2.22. The Bertz CT molecular complexity index is 911. The maximum absolute atomic E-state index is 12.4. The molecular formula is C18H21BrN2O3S. The van der Waals surface area contributed by atoms with Crippen molar-refractivity contribution in [2.45, 2.75) is 20.8 Å². The van der Waals surface area contributed by atoms with Crippen LogP contribution in [0.5, 0.6) is 0 Å². The van der Waals surface area contributed by atoms with Crippen LogP contribution < -0.4 is 9.62 Å². The van der Waals surface area contributed by atoms with Crippen LogP contribution in [-0.2, 0) is 14.8 Å². The van der Waals surface area contributed by atoms with Gasteiger partial charge in [0, 0.05) is 10.2 Å². The van der Waals surface area contributed by atoms with E-state index in [0.717, 1.165) is 31.7 Å². The molecule has 0 aliphatic carbocycles. The number of carbonyl (C=O) groups is 1. The van der Waals surface area contributed by atoms with Gasteiger partial charge >= 0.3 is 0 Å². The molecule has 2 aromatic rings. The predicted molar refractivity (Wildman–Crippen MR) is 106 cm³/mol. The molecule has 0 aliphatic heterocycles. The first-order chi connectivity index (χ1) is 11.6. The molecule has 0 aliphatic rings. The van der Waals surface area contributed by atoms with Crippen molar-refractivity contribution in [3.8, 4) is 0 Å². The molecule has 25 heavy (non-hydrogen) atoms. The van der Waals surface area contributed by atoms with E-state index in [1.807, 2.05) is 45.0 Å². The largest absolute Gasteiger partial charge is 0.325 e. The van der Waals surface area contributed by atoms with Gasteiger partial charge in [-0.3, -0.25) is 9.10 Å². The second-order valence-electron chi connectivity index (χ2n) is 6.07. The molecule has 0 fully saturated rings. The molecule has 2 rings (SSSR count). The van der Waals surface area contributed by atoms with E-state index >= 15 is 0 Å². The van der Waals surface area contributed by atoms with Gasteiger partial charge in [-0.15, -0.1) is 0 Å².